The minimum atomic E-state index is 0.0986. The minimum absolute atomic E-state index is 0.0986. The lowest BCUT2D eigenvalue weighted by atomic mass is 10.1. The van der Waals surface area contributed by atoms with Crippen LogP contribution in [0.25, 0.3) is 0 Å². The molecule has 1 aliphatic carbocycles. The van der Waals surface area contributed by atoms with E-state index in [-0.39, 0.29) is 5.66 Å². The number of thiocarbonyl (C=S) groups is 1. The van der Waals surface area contributed by atoms with Crippen molar-refractivity contribution in [2.24, 2.45) is 0 Å². The lowest BCUT2D eigenvalue weighted by Crippen LogP contribution is -2.49. The molecule has 2 aliphatic rings. The molecule has 0 unspecified atom stereocenters. The third kappa shape index (κ3) is 1.53. The summed E-state index contributed by atoms with van der Waals surface area (Å²) in [6.07, 6.45) is 4.98. The van der Waals surface area contributed by atoms with Crippen LogP contribution in [0.5, 0.6) is 0 Å². The van der Waals surface area contributed by atoms with Gasteiger partial charge in [0.15, 0.2) is 5.11 Å². The molecule has 1 saturated carbocycles. The van der Waals surface area contributed by atoms with Crippen molar-refractivity contribution in [1.82, 2.24) is 15.8 Å². The highest BCUT2D eigenvalue weighted by atomic mass is 32.1. The Balaban J connectivity index is 2.09. The lowest BCUT2D eigenvalue weighted by Gasteiger charge is -2.26. The molecule has 0 aromatic heterocycles. The van der Waals surface area contributed by atoms with Crippen LogP contribution in [0.1, 0.15) is 39.5 Å². The normalized spacial score (nSPS) is 26.1. The first-order valence-electron chi connectivity index (χ1n) is 5.02. The predicted octanol–water partition coefficient (Wildman–Crippen LogP) is 1.36. The number of nitrogens with zero attached hydrogens (tertiary/aromatic N) is 1. The van der Waals surface area contributed by atoms with Gasteiger partial charge >= 0.3 is 0 Å². The standard InChI is InChI=1S/C9H17N3S/c1-7(2)12-8(13)10-9(11-12)5-3-4-6-9/h7,11H,3-6H2,1-2H3,(H,10,13). The van der Waals surface area contributed by atoms with Crippen molar-refractivity contribution < 1.29 is 0 Å². The Kier molecular flexibility index (Phi) is 2.20. The van der Waals surface area contributed by atoms with Gasteiger partial charge in [0, 0.05) is 6.04 Å². The van der Waals surface area contributed by atoms with Crippen LogP contribution in [-0.2, 0) is 0 Å². The fourth-order valence-electron chi connectivity index (χ4n) is 2.15. The third-order valence-corrected chi connectivity index (χ3v) is 3.17. The molecule has 4 heteroatoms. The van der Waals surface area contributed by atoms with E-state index in [1.165, 1.54) is 25.7 Å². The first kappa shape index (κ1) is 9.21. The summed E-state index contributed by atoms with van der Waals surface area (Å²) in [5.41, 5.74) is 3.60. The maximum absolute atomic E-state index is 5.28. The van der Waals surface area contributed by atoms with Gasteiger partial charge in [-0.3, -0.25) is 5.01 Å². The largest absolute Gasteiger partial charge is 0.342 e. The van der Waals surface area contributed by atoms with Crippen LogP contribution in [0.15, 0.2) is 0 Å². The van der Waals surface area contributed by atoms with Crippen LogP contribution >= 0.6 is 12.2 Å². The van der Waals surface area contributed by atoms with Gasteiger partial charge in [-0.15, -0.1) is 0 Å². The summed E-state index contributed by atoms with van der Waals surface area (Å²) in [7, 11) is 0. The molecule has 0 bridgehead atoms. The minimum Gasteiger partial charge on any atom is -0.342 e. The van der Waals surface area contributed by atoms with Gasteiger partial charge in [0.05, 0.1) is 0 Å². The van der Waals surface area contributed by atoms with E-state index in [1.807, 2.05) is 0 Å². The molecule has 13 heavy (non-hydrogen) atoms. The first-order valence-corrected chi connectivity index (χ1v) is 5.43. The van der Waals surface area contributed by atoms with Crippen LogP contribution in [-0.4, -0.2) is 21.8 Å². The van der Waals surface area contributed by atoms with E-state index in [4.69, 9.17) is 12.2 Å². The fraction of sp³-hybridized carbons (Fsp3) is 0.889. The average molecular weight is 199 g/mol. The quantitative estimate of drug-likeness (QED) is 0.624. The highest BCUT2D eigenvalue weighted by Gasteiger charge is 2.42. The number of hydrogen-bond donors (Lipinski definition) is 2. The van der Waals surface area contributed by atoms with E-state index >= 15 is 0 Å². The van der Waals surface area contributed by atoms with Crippen molar-refractivity contribution in [3.63, 3.8) is 0 Å². The zero-order valence-electron chi connectivity index (χ0n) is 8.26. The second-order valence-corrected chi connectivity index (χ2v) is 4.68. The van der Waals surface area contributed by atoms with Crippen molar-refractivity contribution in [1.29, 1.82) is 0 Å². The predicted molar refractivity (Wildman–Crippen MR) is 57.0 cm³/mol. The maximum atomic E-state index is 5.28. The van der Waals surface area contributed by atoms with E-state index in [1.54, 1.807) is 0 Å². The molecule has 1 heterocycles. The fourth-order valence-corrected chi connectivity index (χ4v) is 2.61. The summed E-state index contributed by atoms with van der Waals surface area (Å²) in [5, 5.41) is 6.34. The van der Waals surface area contributed by atoms with Gasteiger partial charge in [0.1, 0.15) is 5.66 Å². The van der Waals surface area contributed by atoms with E-state index in [0.29, 0.717) is 6.04 Å². The second-order valence-electron chi connectivity index (χ2n) is 4.29. The number of hydrogen-bond acceptors (Lipinski definition) is 2. The topological polar surface area (TPSA) is 27.3 Å². The van der Waals surface area contributed by atoms with Crippen molar-refractivity contribution in [3.8, 4) is 0 Å². The molecular weight excluding hydrogens is 182 g/mol. The Morgan fingerprint density at radius 1 is 1.38 bits per heavy atom. The molecule has 0 radical (unpaired) electrons. The molecule has 74 valence electrons. The van der Waals surface area contributed by atoms with Gasteiger partial charge in [-0.1, -0.05) is 0 Å². The second kappa shape index (κ2) is 3.10. The highest BCUT2D eigenvalue weighted by molar-refractivity contribution is 7.80. The van der Waals surface area contributed by atoms with Crippen LogP contribution in [0.3, 0.4) is 0 Å². The van der Waals surface area contributed by atoms with Gasteiger partial charge in [-0.25, -0.2) is 5.43 Å². The lowest BCUT2D eigenvalue weighted by molar-refractivity contribution is 0.192. The molecule has 2 rings (SSSR count). The number of rotatable bonds is 1. The maximum Gasteiger partial charge on any atom is 0.185 e. The SMILES string of the molecule is CC(C)N1NC2(CCCC2)NC1=S. The molecule has 1 spiro atoms. The van der Waals surface area contributed by atoms with Crippen LogP contribution in [0, 0.1) is 0 Å². The highest BCUT2D eigenvalue weighted by Crippen LogP contribution is 2.30. The summed E-state index contributed by atoms with van der Waals surface area (Å²) in [4.78, 5) is 0. The van der Waals surface area contributed by atoms with E-state index < -0.39 is 0 Å². The van der Waals surface area contributed by atoms with Crippen LogP contribution in [0.4, 0.5) is 0 Å². The number of nitrogens with one attached hydrogen (secondary N) is 2. The van der Waals surface area contributed by atoms with Gasteiger partial charge in [0.2, 0.25) is 0 Å². The number of hydrazine groups is 1. The summed E-state index contributed by atoms with van der Waals surface area (Å²) >= 11 is 5.28. The summed E-state index contributed by atoms with van der Waals surface area (Å²) in [6, 6.07) is 0.431. The Labute approximate surface area is 84.8 Å². The van der Waals surface area contributed by atoms with Gasteiger partial charge in [0.25, 0.3) is 0 Å². The molecule has 0 atom stereocenters. The Bertz CT molecular complexity index is 221. The zero-order chi connectivity index (χ0) is 9.47. The van der Waals surface area contributed by atoms with Gasteiger partial charge < -0.3 is 5.32 Å². The average Bonchev–Trinajstić information content (AvgIpc) is 2.60. The Morgan fingerprint density at radius 2 is 2.00 bits per heavy atom. The van der Waals surface area contributed by atoms with E-state index in [0.717, 1.165) is 5.11 Å². The molecule has 0 aromatic carbocycles. The van der Waals surface area contributed by atoms with Crippen LogP contribution in [0.2, 0.25) is 0 Å². The van der Waals surface area contributed by atoms with Gasteiger partial charge in [-0.05, 0) is 51.7 Å². The van der Waals surface area contributed by atoms with Crippen LogP contribution < -0.4 is 10.7 Å². The Morgan fingerprint density at radius 3 is 2.46 bits per heavy atom. The van der Waals surface area contributed by atoms with E-state index in [9.17, 15) is 0 Å². The monoisotopic (exact) mass is 199 g/mol. The first-order chi connectivity index (χ1) is 6.13. The van der Waals surface area contributed by atoms with Gasteiger partial charge in [-0.2, -0.15) is 0 Å². The Hall–Kier alpha value is -0.350. The summed E-state index contributed by atoms with van der Waals surface area (Å²) < 4.78 is 0. The molecule has 1 aliphatic heterocycles. The molecule has 1 saturated heterocycles. The summed E-state index contributed by atoms with van der Waals surface area (Å²) in [5.74, 6) is 0. The molecule has 0 aromatic rings. The van der Waals surface area contributed by atoms with Crippen molar-refractivity contribution in [2.75, 3.05) is 0 Å². The summed E-state index contributed by atoms with van der Waals surface area (Å²) in [6.45, 7) is 4.30. The molecule has 0 amide bonds. The van der Waals surface area contributed by atoms with Crippen molar-refractivity contribution in [3.05, 3.63) is 0 Å². The van der Waals surface area contributed by atoms with Crippen molar-refractivity contribution in [2.45, 2.75) is 51.2 Å². The molecule has 2 N–H and O–H groups in total. The van der Waals surface area contributed by atoms with E-state index in [2.05, 4.69) is 29.6 Å². The smallest absolute Gasteiger partial charge is 0.185 e. The molecular formula is C9H17N3S. The molecule has 3 nitrogen and oxygen atoms in total. The molecule has 2 fully saturated rings. The van der Waals surface area contributed by atoms with Crippen molar-refractivity contribution >= 4 is 17.3 Å². The zero-order valence-corrected chi connectivity index (χ0v) is 9.08. The third-order valence-electron chi connectivity index (χ3n) is 2.87.